The molecule has 0 saturated heterocycles. The number of rotatable bonds is 42. The summed E-state index contributed by atoms with van der Waals surface area (Å²) < 4.78 is 16.6. The average molecular weight is 785 g/mol. The summed E-state index contributed by atoms with van der Waals surface area (Å²) in [6, 6.07) is 0. The maximum Gasteiger partial charge on any atom is 0.306 e. The van der Waals surface area contributed by atoms with E-state index in [2.05, 4.69) is 69.4 Å². The predicted molar refractivity (Wildman–Crippen MR) is 238 cm³/mol. The Balaban J connectivity index is 4.10. The van der Waals surface area contributed by atoms with Gasteiger partial charge in [0.15, 0.2) is 6.10 Å². The van der Waals surface area contributed by atoms with Gasteiger partial charge >= 0.3 is 17.9 Å². The number of ether oxygens (including phenoxy) is 3. The van der Waals surface area contributed by atoms with Gasteiger partial charge in [-0.1, -0.05) is 204 Å². The van der Waals surface area contributed by atoms with Crippen LogP contribution < -0.4 is 0 Å². The molecule has 0 saturated carbocycles. The Morgan fingerprint density at radius 1 is 0.375 bits per heavy atom. The minimum Gasteiger partial charge on any atom is -0.462 e. The van der Waals surface area contributed by atoms with Crippen molar-refractivity contribution < 1.29 is 28.6 Å². The van der Waals surface area contributed by atoms with Crippen LogP contribution in [0.4, 0.5) is 0 Å². The van der Waals surface area contributed by atoms with Crippen molar-refractivity contribution >= 4 is 17.9 Å². The van der Waals surface area contributed by atoms with Gasteiger partial charge in [0.1, 0.15) is 13.2 Å². The Labute approximate surface area is 346 Å². The van der Waals surface area contributed by atoms with Crippen molar-refractivity contribution in [2.45, 2.75) is 239 Å². The van der Waals surface area contributed by atoms with E-state index in [0.717, 1.165) is 83.5 Å². The maximum absolute atomic E-state index is 12.6. The molecule has 0 rings (SSSR count). The quantitative estimate of drug-likeness (QED) is 0.0265. The van der Waals surface area contributed by atoms with Crippen LogP contribution in [0.15, 0.2) is 48.6 Å². The fourth-order valence-electron chi connectivity index (χ4n) is 6.55. The van der Waals surface area contributed by atoms with Gasteiger partial charge in [0.05, 0.1) is 0 Å². The van der Waals surface area contributed by atoms with Crippen LogP contribution >= 0.6 is 0 Å². The summed E-state index contributed by atoms with van der Waals surface area (Å²) in [6.07, 6.45) is 52.7. The summed E-state index contributed by atoms with van der Waals surface area (Å²) in [5, 5.41) is 0. The van der Waals surface area contributed by atoms with E-state index < -0.39 is 6.10 Å². The number of esters is 3. The standard InChI is InChI=1S/C50H88O6/c1-4-7-10-13-16-18-19-20-21-22-23-24-25-26-27-28-29-30-31-33-34-37-40-43-49(52)55-46-47(45-54-48(51)42-39-36-15-12-9-6-3)56-50(53)44-41-38-35-32-17-14-11-8-5-2/h7,10,16,18,20-21,23-24,47H,4-6,8-9,11-15,17,19,22,25-46H2,1-3H3/b10-7-,18-16-,21-20-,24-23-. The molecule has 0 aliphatic rings. The second kappa shape index (κ2) is 45.1. The fraction of sp³-hybridized carbons (Fsp3) is 0.780. The Hall–Kier alpha value is -2.63. The molecular formula is C50H88O6. The van der Waals surface area contributed by atoms with Gasteiger partial charge in [-0.3, -0.25) is 14.4 Å². The largest absolute Gasteiger partial charge is 0.462 e. The molecule has 0 fully saturated rings. The molecular weight excluding hydrogens is 697 g/mol. The van der Waals surface area contributed by atoms with E-state index >= 15 is 0 Å². The number of hydrogen-bond donors (Lipinski definition) is 0. The van der Waals surface area contributed by atoms with Gasteiger partial charge in [0.2, 0.25) is 0 Å². The van der Waals surface area contributed by atoms with Crippen molar-refractivity contribution in [1.82, 2.24) is 0 Å². The molecule has 0 aliphatic carbocycles. The van der Waals surface area contributed by atoms with Crippen LogP contribution in [-0.2, 0) is 28.6 Å². The van der Waals surface area contributed by atoms with Gasteiger partial charge in [-0.2, -0.15) is 0 Å². The van der Waals surface area contributed by atoms with E-state index in [-0.39, 0.29) is 31.1 Å². The van der Waals surface area contributed by atoms with E-state index in [1.807, 2.05) is 0 Å². The molecule has 0 spiro atoms. The summed E-state index contributed by atoms with van der Waals surface area (Å²) in [7, 11) is 0. The smallest absolute Gasteiger partial charge is 0.306 e. The number of carbonyl (C=O) groups is 3. The molecule has 0 amide bonds. The molecule has 56 heavy (non-hydrogen) atoms. The first-order valence-electron chi connectivity index (χ1n) is 23.6. The zero-order valence-electron chi connectivity index (χ0n) is 36.9. The van der Waals surface area contributed by atoms with Gasteiger partial charge in [0, 0.05) is 19.3 Å². The number of carbonyl (C=O) groups excluding carboxylic acids is 3. The van der Waals surface area contributed by atoms with Crippen molar-refractivity contribution in [3.05, 3.63) is 48.6 Å². The normalized spacial score (nSPS) is 12.4. The fourth-order valence-corrected chi connectivity index (χ4v) is 6.55. The molecule has 0 radical (unpaired) electrons. The monoisotopic (exact) mass is 785 g/mol. The summed E-state index contributed by atoms with van der Waals surface area (Å²) in [5.74, 6) is -0.888. The zero-order valence-corrected chi connectivity index (χ0v) is 36.9. The molecule has 0 aromatic rings. The Morgan fingerprint density at radius 3 is 1.09 bits per heavy atom. The highest BCUT2D eigenvalue weighted by Gasteiger charge is 2.19. The number of hydrogen-bond acceptors (Lipinski definition) is 6. The maximum atomic E-state index is 12.6. The van der Waals surface area contributed by atoms with E-state index in [1.165, 1.54) is 109 Å². The van der Waals surface area contributed by atoms with Crippen LogP contribution in [0.5, 0.6) is 0 Å². The zero-order chi connectivity index (χ0) is 40.8. The molecule has 0 aromatic heterocycles. The molecule has 0 N–H and O–H groups in total. The van der Waals surface area contributed by atoms with Crippen LogP contribution in [0.1, 0.15) is 233 Å². The SMILES string of the molecule is CC/C=C\C/C=C\C/C=C\C/C=C\CCCCCCCCCCCCC(=O)OCC(COC(=O)CCCCCCCC)OC(=O)CCCCCCCCCCC. The molecule has 0 aliphatic heterocycles. The Bertz CT molecular complexity index is 996. The van der Waals surface area contributed by atoms with Crippen molar-refractivity contribution in [2.24, 2.45) is 0 Å². The third-order valence-electron chi connectivity index (χ3n) is 10.1. The lowest BCUT2D eigenvalue weighted by Crippen LogP contribution is -2.30. The third kappa shape index (κ3) is 42.5. The third-order valence-corrected chi connectivity index (χ3v) is 10.1. The van der Waals surface area contributed by atoms with Crippen LogP contribution in [0.25, 0.3) is 0 Å². The minimum atomic E-state index is -0.765. The van der Waals surface area contributed by atoms with Gasteiger partial charge in [-0.25, -0.2) is 0 Å². The van der Waals surface area contributed by atoms with Crippen LogP contribution in [0.3, 0.4) is 0 Å². The highest BCUT2D eigenvalue weighted by atomic mass is 16.6. The molecule has 0 heterocycles. The lowest BCUT2D eigenvalue weighted by atomic mass is 10.1. The van der Waals surface area contributed by atoms with E-state index in [0.29, 0.717) is 19.3 Å². The van der Waals surface area contributed by atoms with Crippen molar-refractivity contribution in [2.75, 3.05) is 13.2 Å². The van der Waals surface area contributed by atoms with Crippen molar-refractivity contribution in [1.29, 1.82) is 0 Å². The second-order valence-electron chi connectivity index (χ2n) is 15.6. The van der Waals surface area contributed by atoms with Gasteiger partial charge in [-0.15, -0.1) is 0 Å². The first-order chi connectivity index (χ1) is 27.5. The first kappa shape index (κ1) is 53.4. The molecule has 324 valence electrons. The first-order valence-corrected chi connectivity index (χ1v) is 23.6. The molecule has 6 nitrogen and oxygen atoms in total. The summed E-state index contributed by atoms with van der Waals surface area (Å²) in [4.78, 5) is 37.5. The molecule has 0 aromatic carbocycles. The molecule has 1 unspecified atom stereocenters. The van der Waals surface area contributed by atoms with E-state index in [9.17, 15) is 14.4 Å². The highest BCUT2D eigenvalue weighted by molar-refractivity contribution is 5.71. The van der Waals surface area contributed by atoms with Crippen LogP contribution in [0, 0.1) is 0 Å². The van der Waals surface area contributed by atoms with E-state index in [1.54, 1.807) is 0 Å². The predicted octanol–water partition coefficient (Wildman–Crippen LogP) is 15.1. The van der Waals surface area contributed by atoms with E-state index in [4.69, 9.17) is 14.2 Å². The van der Waals surface area contributed by atoms with Crippen molar-refractivity contribution in [3.8, 4) is 0 Å². The minimum absolute atomic E-state index is 0.0727. The molecule has 6 heteroatoms. The van der Waals surface area contributed by atoms with Crippen molar-refractivity contribution in [3.63, 3.8) is 0 Å². The lowest BCUT2D eigenvalue weighted by Gasteiger charge is -2.18. The van der Waals surface area contributed by atoms with Crippen LogP contribution in [-0.4, -0.2) is 37.2 Å². The second-order valence-corrected chi connectivity index (χ2v) is 15.6. The highest BCUT2D eigenvalue weighted by Crippen LogP contribution is 2.14. The summed E-state index contributed by atoms with van der Waals surface area (Å²) in [6.45, 7) is 6.44. The molecule has 0 bridgehead atoms. The Kier molecular flexibility index (Phi) is 43.0. The van der Waals surface area contributed by atoms with Gasteiger partial charge in [-0.05, 0) is 57.8 Å². The van der Waals surface area contributed by atoms with Gasteiger partial charge in [0.25, 0.3) is 0 Å². The topological polar surface area (TPSA) is 78.9 Å². The van der Waals surface area contributed by atoms with Crippen LogP contribution in [0.2, 0.25) is 0 Å². The summed E-state index contributed by atoms with van der Waals surface area (Å²) >= 11 is 0. The number of allylic oxidation sites excluding steroid dienone is 8. The molecule has 1 atom stereocenters. The summed E-state index contributed by atoms with van der Waals surface area (Å²) in [5.41, 5.74) is 0. The Morgan fingerprint density at radius 2 is 0.696 bits per heavy atom. The average Bonchev–Trinajstić information content (AvgIpc) is 3.19. The lowest BCUT2D eigenvalue weighted by molar-refractivity contribution is -0.167. The number of unbranched alkanes of at least 4 members (excludes halogenated alkanes) is 23. The van der Waals surface area contributed by atoms with Gasteiger partial charge < -0.3 is 14.2 Å².